The third-order valence-electron chi connectivity index (χ3n) is 6.55. The fraction of sp³-hybridized carbons (Fsp3) is 0.464. The molecule has 1 unspecified atom stereocenters. The first-order valence-electron chi connectivity index (χ1n) is 12.7. The molecule has 4 rings (SSSR count). The molecular formula is C28H34N6O4. The normalized spacial score (nSPS) is 14.0. The van der Waals surface area contributed by atoms with Crippen molar-refractivity contribution in [1.82, 2.24) is 20.0 Å². The zero-order valence-electron chi connectivity index (χ0n) is 22.7. The van der Waals surface area contributed by atoms with Crippen molar-refractivity contribution in [3.05, 3.63) is 47.2 Å². The third kappa shape index (κ3) is 5.94. The van der Waals surface area contributed by atoms with Crippen LogP contribution >= 0.6 is 0 Å². The van der Waals surface area contributed by atoms with Gasteiger partial charge < -0.3 is 24.2 Å². The van der Waals surface area contributed by atoms with E-state index >= 15 is 0 Å². The fourth-order valence-electron chi connectivity index (χ4n) is 4.58. The van der Waals surface area contributed by atoms with E-state index in [2.05, 4.69) is 38.2 Å². The van der Waals surface area contributed by atoms with E-state index in [1.165, 1.54) is 5.56 Å². The van der Waals surface area contributed by atoms with Gasteiger partial charge in [-0.1, -0.05) is 32.9 Å². The van der Waals surface area contributed by atoms with E-state index < -0.39 is 11.9 Å². The fourth-order valence-corrected chi connectivity index (χ4v) is 4.58. The molecule has 0 aliphatic carbocycles. The Kier molecular flexibility index (Phi) is 7.69. The average Bonchev–Trinajstić information content (AvgIpc) is 3.48. The van der Waals surface area contributed by atoms with Crippen molar-refractivity contribution in [3.8, 4) is 23.4 Å². The van der Waals surface area contributed by atoms with Crippen molar-refractivity contribution in [1.29, 1.82) is 5.26 Å². The smallest absolute Gasteiger partial charge is 0.308 e. The van der Waals surface area contributed by atoms with Crippen LogP contribution in [0.4, 0.5) is 11.6 Å². The summed E-state index contributed by atoms with van der Waals surface area (Å²) in [6.07, 6.45) is 2.29. The van der Waals surface area contributed by atoms with Gasteiger partial charge in [-0.2, -0.15) is 10.2 Å². The molecule has 0 saturated heterocycles. The summed E-state index contributed by atoms with van der Waals surface area (Å²) < 4.78 is 11.1. The lowest BCUT2D eigenvalue weighted by Crippen LogP contribution is -2.38. The number of carboxylic acid groups (broad SMARTS) is 1. The molecular weight excluding hydrogens is 484 g/mol. The maximum atomic E-state index is 11.8. The van der Waals surface area contributed by atoms with Gasteiger partial charge in [-0.05, 0) is 61.1 Å². The number of rotatable bonds is 9. The van der Waals surface area contributed by atoms with Crippen LogP contribution in [0.1, 0.15) is 51.3 Å². The van der Waals surface area contributed by atoms with Crippen LogP contribution in [0.5, 0.6) is 5.88 Å². The first-order chi connectivity index (χ1) is 18.0. The number of hydrogen-bond acceptors (Lipinski definition) is 9. The molecule has 0 saturated carbocycles. The number of pyridine rings is 1. The van der Waals surface area contributed by atoms with Gasteiger partial charge in [0.15, 0.2) is 0 Å². The van der Waals surface area contributed by atoms with Crippen molar-refractivity contribution in [2.45, 2.75) is 53.7 Å². The van der Waals surface area contributed by atoms with Crippen LogP contribution in [0.15, 0.2) is 35.0 Å². The van der Waals surface area contributed by atoms with Crippen LogP contribution < -0.4 is 9.64 Å². The lowest BCUT2D eigenvalue weighted by atomic mass is 9.80. The van der Waals surface area contributed by atoms with Crippen LogP contribution in [0.3, 0.4) is 0 Å². The lowest BCUT2D eigenvalue weighted by Gasteiger charge is -2.31. The van der Waals surface area contributed by atoms with Gasteiger partial charge in [0.25, 0.3) is 11.8 Å². The maximum absolute atomic E-state index is 11.8. The van der Waals surface area contributed by atoms with E-state index in [1.54, 1.807) is 12.3 Å². The Hall–Kier alpha value is -3.97. The highest BCUT2D eigenvalue weighted by Gasteiger charge is 2.32. The molecule has 200 valence electrons. The van der Waals surface area contributed by atoms with Gasteiger partial charge >= 0.3 is 5.97 Å². The standard InChI is InChI=1S/C28H34N6O4/c1-17(2)37-24-20(13-29)12-21(14-30-24)25-31-27(32-38-25)34-10-9-19-11-18(7-8-23(19)34)15-33(6)16-22(26(35)36)28(3,4)5/h7-8,11-12,14,17,22H,9-10,15-16H2,1-6H3,(H,35,36). The molecule has 1 aliphatic heterocycles. The average molecular weight is 519 g/mol. The van der Waals surface area contributed by atoms with E-state index in [-0.39, 0.29) is 23.3 Å². The summed E-state index contributed by atoms with van der Waals surface area (Å²) in [5, 5.41) is 23.3. The summed E-state index contributed by atoms with van der Waals surface area (Å²) in [5.74, 6) is -0.230. The van der Waals surface area contributed by atoms with E-state index in [0.29, 0.717) is 36.7 Å². The van der Waals surface area contributed by atoms with E-state index in [4.69, 9.17) is 9.26 Å². The predicted molar refractivity (Wildman–Crippen MR) is 142 cm³/mol. The molecule has 2 aromatic heterocycles. The number of anilines is 2. The van der Waals surface area contributed by atoms with E-state index in [9.17, 15) is 15.2 Å². The Morgan fingerprint density at radius 1 is 1.32 bits per heavy atom. The summed E-state index contributed by atoms with van der Waals surface area (Å²) >= 11 is 0. The number of aliphatic carboxylic acids is 1. The van der Waals surface area contributed by atoms with E-state index in [1.807, 2.05) is 52.6 Å². The minimum atomic E-state index is -0.770. The highest BCUT2D eigenvalue weighted by atomic mass is 16.5. The zero-order valence-corrected chi connectivity index (χ0v) is 22.7. The summed E-state index contributed by atoms with van der Waals surface area (Å²) in [6.45, 7) is 11.5. The zero-order chi connectivity index (χ0) is 27.6. The summed E-state index contributed by atoms with van der Waals surface area (Å²) in [6, 6.07) is 10.0. The first kappa shape index (κ1) is 27.1. The van der Waals surface area contributed by atoms with Gasteiger partial charge in [-0.3, -0.25) is 4.79 Å². The van der Waals surface area contributed by atoms with Crippen LogP contribution in [0.2, 0.25) is 0 Å². The van der Waals surface area contributed by atoms with E-state index in [0.717, 1.165) is 17.7 Å². The minimum Gasteiger partial charge on any atom is -0.481 e. The molecule has 3 heterocycles. The van der Waals surface area contributed by atoms with Gasteiger partial charge in [0.2, 0.25) is 5.88 Å². The van der Waals surface area contributed by atoms with Gasteiger partial charge in [0.05, 0.1) is 17.6 Å². The Bertz CT molecular complexity index is 1350. The minimum absolute atomic E-state index is 0.100. The van der Waals surface area contributed by atoms with Crippen molar-refractivity contribution < 1.29 is 19.2 Å². The summed E-state index contributed by atoms with van der Waals surface area (Å²) in [5.41, 5.74) is 3.84. The predicted octanol–water partition coefficient (Wildman–Crippen LogP) is 4.66. The summed E-state index contributed by atoms with van der Waals surface area (Å²) in [7, 11) is 1.95. The van der Waals surface area contributed by atoms with Crippen LogP contribution in [0.25, 0.3) is 11.5 Å². The van der Waals surface area contributed by atoms with Gasteiger partial charge in [-0.25, -0.2) is 4.98 Å². The quantitative estimate of drug-likeness (QED) is 0.427. The number of carbonyl (C=O) groups is 1. The Morgan fingerprint density at radius 3 is 2.74 bits per heavy atom. The number of ether oxygens (including phenoxy) is 1. The van der Waals surface area contributed by atoms with Gasteiger partial charge in [0.1, 0.15) is 11.6 Å². The molecule has 0 radical (unpaired) electrons. The SMILES string of the molecule is CC(C)Oc1ncc(-c2nc(N3CCc4cc(CN(C)CC(C(=O)O)C(C)(C)C)ccc43)no2)cc1C#N. The molecule has 10 heteroatoms. The second-order valence-corrected chi connectivity index (χ2v) is 11.1. The van der Waals surface area contributed by atoms with Crippen LogP contribution in [-0.2, 0) is 17.8 Å². The van der Waals surface area contributed by atoms with Crippen LogP contribution in [-0.4, -0.2) is 57.3 Å². The first-order valence-corrected chi connectivity index (χ1v) is 12.7. The molecule has 10 nitrogen and oxygen atoms in total. The number of fused-ring (bicyclic) bond motifs is 1. The van der Waals surface area contributed by atoms with Gasteiger partial charge in [-0.15, -0.1) is 0 Å². The van der Waals surface area contributed by atoms with Crippen molar-refractivity contribution in [2.75, 3.05) is 25.0 Å². The molecule has 0 spiro atoms. The van der Waals surface area contributed by atoms with Gasteiger partial charge in [0, 0.05) is 31.5 Å². The highest BCUT2D eigenvalue weighted by molar-refractivity contribution is 5.71. The highest BCUT2D eigenvalue weighted by Crippen LogP contribution is 2.35. The van der Waals surface area contributed by atoms with Crippen molar-refractivity contribution in [3.63, 3.8) is 0 Å². The number of hydrogen-bond donors (Lipinski definition) is 1. The maximum Gasteiger partial charge on any atom is 0.308 e. The third-order valence-corrected chi connectivity index (χ3v) is 6.55. The molecule has 0 bridgehead atoms. The molecule has 1 aliphatic rings. The molecule has 3 aromatic rings. The number of nitriles is 1. The Balaban J connectivity index is 1.48. The molecule has 1 N–H and O–H groups in total. The molecule has 38 heavy (non-hydrogen) atoms. The second-order valence-electron chi connectivity index (χ2n) is 11.1. The number of benzene rings is 1. The molecule has 1 atom stereocenters. The molecule has 1 aromatic carbocycles. The summed E-state index contributed by atoms with van der Waals surface area (Å²) in [4.78, 5) is 24.7. The Labute approximate surface area is 222 Å². The monoisotopic (exact) mass is 518 g/mol. The largest absolute Gasteiger partial charge is 0.481 e. The number of carboxylic acids is 1. The molecule has 0 amide bonds. The lowest BCUT2D eigenvalue weighted by molar-refractivity contribution is -0.146. The second kappa shape index (κ2) is 10.8. The number of nitrogens with zero attached hydrogens (tertiary/aromatic N) is 6. The molecule has 0 fully saturated rings. The van der Waals surface area contributed by atoms with Crippen molar-refractivity contribution in [2.24, 2.45) is 11.3 Å². The van der Waals surface area contributed by atoms with Crippen molar-refractivity contribution >= 4 is 17.6 Å². The number of aromatic nitrogens is 3. The topological polar surface area (TPSA) is 129 Å². The van der Waals surface area contributed by atoms with Crippen LogP contribution in [0, 0.1) is 22.7 Å². The Morgan fingerprint density at radius 2 is 2.08 bits per heavy atom.